The molecular formula is C23H26N8O. The first-order chi connectivity index (χ1) is 15.5. The van der Waals surface area contributed by atoms with Crippen LogP contribution >= 0.6 is 0 Å². The van der Waals surface area contributed by atoms with E-state index in [0.29, 0.717) is 30.5 Å². The van der Waals surface area contributed by atoms with Crippen LogP contribution in [0.25, 0.3) is 22.4 Å². The summed E-state index contributed by atoms with van der Waals surface area (Å²) in [5.74, 6) is 2.97. The molecule has 1 aromatic carbocycles. The Morgan fingerprint density at radius 1 is 1.03 bits per heavy atom. The Bertz CT molecular complexity index is 1280. The number of aromatic nitrogens is 5. The molecule has 2 N–H and O–H groups in total. The minimum Gasteiger partial charge on any atom is -0.353 e. The molecule has 9 heteroatoms. The van der Waals surface area contributed by atoms with Crippen LogP contribution in [0.5, 0.6) is 0 Å². The molecule has 4 aromatic rings. The van der Waals surface area contributed by atoms with Gasteiger partial charge in [-0.3, -0.25) is 9.89 Å². The van der Waals surface area contributed by atoms with Crippen LogP contribution in [0.15, 0.2) is 42.5 Å². The van der Waals surface area contributed by atoms with E-state index in [1.54, 1.807) is 6.92 Å². The summed E-state index contributed by atoms with van der Waals surface area (Å²) >= 11 is 0. The second kappa shape index (κ2) is 7.99. The number of anilines is 3. The van der Waals surface area contributed by atoms with Crippen molar-refractivity contribution >= 4 is 34.3 Å². The minimum atomic E-state index is 0.111. The average Bonchev–Trinajstić information content (AvgIpc) is 3.36. The number of carbonyl (C=O) groups is 1. The lowest BCUT2D eigenvalue weighted by Crippen LogP contribution is -2.48. The molecule has 0 atom stereocenters. The summed E-state index contributed by atoms with van der Waals surface area (Å²) in [6.45, 7) is 6.40. The zero-order valence-electron chi connectivity index (χ0n) is 18.5. The number of aromatic amines is 1. The van der Waals surface area contributed by atoms with Gasteiger partial charge in [0, 0.05) is 68.9 Å². The molecule has 0 bridgehead atoms. The molecule has 1 amide bonds. The second-order valence-corrected chi connectivity index (χ2v) is 8.14. The van der Waals surface area contributed by atoms with E-state index in [4.69, 9.17) is 9.97 Å². The first-order valence-electron chi connectivity index (χ1n) is 10.7. The fraction of sp³-hybridized carbons (Fsp3) is 0.304. The van der Waals surface area contributed by atoms with Crippen LogP contribution in [-0.2, 0) is 11.8 Å². The van der Waals surface area contributed by atoms with Crippen molar-refractivity contribution in [2.75, 3.05) is 36.4 Å². The molecule has 0 aliphatic carbocycles. The van der Waals surface area contributed by atoms with Crippen LogP contribution in [0.1, 0.15) is 12.6 Å². The van der Waals surface area contributed by atoms with Gasteiger partial charge in [0.05, 0.1) is 5.69 Å². The summed E-state index contributed by atoms with van der Waals surface area (Å²) in [6.07, 6.45) is 0. The van der Waals surface area contributed by atoms with Crippen LogP contribution < -0.4 is 10.2 Å². The fourth-order valence-electron chi connectivity index (χ4n) is 4.14. The van der Waals surface area contributed by atoms with Gasteiger partial charge in [-0.05, 0) is 19.1 Å². The maximum Gasteiger partial charge on any atom is 0.219 e. The first kappa shape index (κ1) is 20.0. The smallest absolute Gasteiger partial charge is 0.219 e. The van der Waals surface area contributed by atoms with Gasteiger partial charge in [0.1, 0.15) is 11.6 Å². The summed E-state index contributed by atoms with van der Waals surface area (Å²) in [6, 6.07) is 14.2. The molecule has 5 rings (SSSR count). The number of aryl methyl sites for hydroxylation is 2. The van der Waals surface area contributed by atoms with Crippen LogP contribution in [0.4, 0.5) is 17.5 Å². The van der Waals surface area contributed by atoms with Crippen LogP contribution in [0.2, 0.25) is 0 Å². The second-order valence-electron chi connectivity index (χ2n) is 8.14. The number of amides is 1. The molecule has 32 heavy (non-hydrogen) atoms. The molecule has 1 aliphatic heterocycles. The molecule has 0 unspecified atom stereocenters. The lowest BCUT2D eigenvalue weighted by atomic mass is 10.2. The van der Waals surface area contributed by atoms with E-state index in [9.17, 15) is 4.79 Å². The number of H-pyrrole nitrogens is 1. The zero-order chi connectivity index (χ0) is 22.2. The molecule has 0 spiro atoms. The third-order valence-corrected chi connectivity index (χ3v) is 5.90. The molecule has 1 saturated heterocycles. The van der Waals surface area contributed by atoms with Crippen molar-refractivity contribution in [1.82, 2.24) is 29.6 Å². The summed E-state index contributed by atoms with van der Waals surface area (Å²) in [7, 11) is 2.03. The van der Waals surface area contributed by atoms with Gasteiger partial charge in [0.2, 0.25) is 5.91 Å². The summed E-state index contributed by atoms with van der Waals surface area (Å²) in [4.78, 5) is 25.5. The van der Waals surface area contributed by atoms with Crippen molar-refractivity contribution in [2.45, 2.75) is 13.8 Å². The van der Waals surface area contributed by atoms with Crippen LogP contribution in [0, 0.1) is 6.92 Å². The topological polar surface area (TPSA) is 95.0 Å². The predicted molar refractivity (Wildman–Crippen MR) is 125 cm³/mol. The highest BCUT2D eigenvalue weighted by Gasteiger charge is 2.22. The van der Waals surface area contributed by atoms with Gasteiger partial charge >= 0.3 is 0 Å². The third-order valence-electron chi connectivity index (χ3n) is 5.90. The van der Waals surface area contributed by atoms with Gasteiger partial charge in [-0.1, -0.05) is 18.2 Å². The molecule has 0 saturated carbocycles. The van der Waals surface area contributed by atoms with Crippen molar-refractivity contribution in [1.29, 1.82) is 0 Å². The Morgan fingerprint density at radius 2 is 1.81 bits per heavy atom. The molecule has 0 radical (unpaired) electrons. The van der Waals surface area contributed by atoms with E-state index in [1.165, 1.54) is 0 Å². The summed E-state index contributed by atoms with van der Waals surface area (Å²) < 4.78 is 2.12. The third kappa shape index (κ3) is 3.77. The van der Waals surface area contributed by atoms with Gasteiger partial charge < -0.3 is 19.7 Å². The van der Waals surface area contributed by atoms with E-state index in [1.807, 2.05) is 43.1 Å². The zero-order valence-corrected chi connectivity index (χ0v) is 18.5. The number of hydrogen-bond donors (Lipinski definition) is 2. The Hall–Kier alpha value is -3.88. The van der Waals surface area contributed by atoms with Crippen molar-refractivity contribution in [3.8, 4) is 11.5 Å². The lowest BCUT2D eigenvalue weighted by Gasteiger charge is -2.35. The summed E-state index contributed by atoms with van der Waals surface area (Å²) in [5.41, 5.74) is 3.04. The number of nitrogens with zero attached hydrogens (tertiary/aromatic N) is 6. The quantitative estimate of drug-likeness (QED) is 0.517. The van der Waals surface area contributed by atoms with Crippen molar-refractivity contribution in [3.63, 3.8) is 0 Å². The van der Waals surface area contributed by atoms with E-state index in [-0.39, 0.29) is 5.91 Å². The van der Waals surface area contributed by atoms with Gasteiger partial charge in [-0.2, -0.15) is 5.10 Å². The van der Waals surface area contributed by atoms with E-state index >= 15 is 0 Å². The number of para-hydroxylation sites is 1. The summed E-state index contributed by atoms with van der Waals surface area (Å²) in [5, 5.41) is 11.7. The van der Waals surface area contributed by atoms with E-state index in [0.717, 1.165) is 41.2 Å². The highest BCUT2D eigenvalue weighted by Crippen LogP contribution is 2.29. The van der Waals surface area contributed by atoms with Gasteiger partial charge in [0.15, 0.2) is 11.6 Å². The lowest BCUT2D eigenvalue weighted by molar-refractivity contribution is -0.129. The molecule has 1 aliphatic rings. The SMILES string of the molecule is CC(=O)N1CCN(c2cc(Nc3cc(C)[nH]n3)nc(-c3cc4ccccc4n3C)n2)CC1. The Labute approximate surface area is 186 Å². The molecule has 1 fully saturated rings. The van der Waals surface area contributed by atoms with E-state index in [2.05, 4.69) is 43.2 Å². The number of carbonyl (C=O) groups excluding carboxylic acids is 1. The van der Waals surface area contributed by atoms with Crippen molar-refractivity contribution < 1.29 is 4.79 Å². The number of piperazine rings is 1. The van der Waals surface area contributed by atoms with Crippen LogP contribution in [-0.4, -0.2) is 61.7 Å². The highest BCUT2D eigenvalue weighted by atomic mass is 16.2. The Kier molecular flexibility index (Phi) is 5.01. The van der Waals surface area contributed by atoms with Gasteiger partial charge in [0.25, 0.3) is 0 Å². The maximum absolute atomic E-state index is 11.7. The Balaban J connectivity index is 1.55. The molecular weight excluding hydrogens is 404 g/mol. The fourth-order valence-corrected chi connectivity index (χ4v) is 4.14. The Morgan fingerprint density at radius 3 is 2.50 bits per heavy atom. The first-order valence-corrected chi connectivity index (χ1v) is 10.7. The molecule has 164 valence electrons. The van der Waals surface area contributed by atoms with Crippen molar-refractivity contribution in [2.24, 2.45) is 7.05 Å². The largest absolute Gasteiger partial charge is 0.353 e. The number of rotatable bonds is 4. The average molecular weight is 431 g/mol. The monoisotopic (exact) mass is 430 g/mol. The van der Waals surface area contributed by atoms with Crippen molar-refractivity contribution in [3.05, 3.63) is 48.2 Å². The predicted octanol–water partition coefficient (Wildman–Crippen LogP) is 3.08. The number of benzene rings is 1. The highest BCUT2D eigenvalue weighted by molar-refractivity contribution is 5.86. The number of hydrogen-bond acceptors (Lipinski definition) is 6. The normalized spacial score (nSPS) is 14.2. The standard InChI is InChI=1S/C23H26N8O/c1-15-12-21(28-27-15)24-20-14-22(31-10-8-30(9-11-31)16(2)32)26-23(25-20)19-13-17-6-4-5-7-18(17)29(19)3/h4-7,12-14H,8-11H2,1-3H3,(H2,24,25,26,27,28). The number of nitrogens with one attached hydrogen (secondary N) is 2. The van der Waals surface area contributed by atoms with Crippen LogP contribution in [0.3, 0.4) is 0 Å². The minimum absolute atomic E-state index is 0.111. The van der Waals surface area contributed by atoms with Gasteiger partial charge in [-0.25, -0.2) is 9.97 Å². The number of fused-ring (bicyclic) bond motifs is 1. The van der Waals surface area contributed by atoms with E-state index < -0.39 is 0 Å². The molecule has 9 nitrogen and oxygen atoms in total. The molecule has 4 heterocycles. The van der Waals surface area contributed by atoms with Gasteiger partial charge in [-0.15, -0.1) is 0 Å². The molecule has 3 aromatic heterocycles. The maximum atomic E-state index is 11.7.